The Balaban J connectivity index is 1.72. The maximum Gasteiger partial charge on any atom is 0.316 e. The smallest absolute Gasteiger partial charge is 0.316 e. The predicted octanol–water partition coefficient (Wildman–Crippen LogP) is 1.76. The van der Waals surface area contributed by atoms with Crippen molar-refractivity contribution in [2.45, 2.75) is 57.7 Å². The molecule has 0 saturated carbocycles. The largest absolute Gasteiger partial charge is 0.497 e. The topological polar surface area (TPSA) is 93.9 Å². The molecule has 1 aliphatic rings. The number of carbonyl (C=O) groups excluding carboxylic acids is 1. The normalized spacial score (nSPS) is 19.1. The Bertz CT molecular complexity index is 782. The summed E-state index contributed by atoms with van der Waals surface area (Å²) in [5.74, 6) is 0.714. The highest BCUT2D eigenvalue weighted by Gasteiger charge is 2.42. The Morgan fingerprint density at radius 2 is 1.96 bits per heavy atom. The van der Waals surface area contributed by atoms with E-state index in [9.17, 15) is 4.79 Å². The number of ether oxygens (including phenoxy) is 1. The molecule has 1 aromatic heterocycles. The minimum absolute atomic E-state index is 0.0204. The Kier molecular flexibility index (Phi) is 4.75. The lowest BCUT2D eigenvalue weighted by Crippen LogP contribution is -3.06. The van der Waals surface area contributed by atoms with Crippen molar-refractivity contribution in [1.29, 1.82) is 0 Å². The van der Waals surface area contributed by atoms with Crippen molar-refractivity contribution in [3.8, 4) is 17.1 Å². The summed E-state index contributed by atoms with van der Waals surface area (Å²) in [6.07, 6.45) is 1.78. The van der Waals surface area contributed by atoms with Crippen LogP contribution in [0.4, 0.5) is 0 Å². The van der Waals surface area contributed by atoms with Crippen LogP contribution in [-0.2, 0) is 0 Å². The number of rotatable bonds is 4. The summed E-state index contributed by atoms with van der Waals surface area (Å²) in [5.41, 5.74) is 0.877. The molecule has 1 aliphatic heterocycles. The lowest BCUT2D eigenvalue weighted by atomic mass is 9.79. The summed E-state index contributed by atoms with van der Waals surface area (Å²) in [6, 6.07) is 7.39. The molecule has 26 heavy (non-hydrogen) atoms. The maximum atomic E-state index is 12.6. The Hall–Kier alpha value is -2.41. The molecule has 0 aliphatic carbocycles. The van der Waals surface area contributed by atoms with Crippen molar-refractivity contribution >= 4 is 5.91 Å². The SMILES string of the molecule is COc1cccc(-c2noc(C(=O)NC3CC(C)(C)[NH2+]C(C)(C)C3)n2)c1. The summed E-state index contributed by atoms with van der Waals surface area (Å²) in [7, 11) is 1.60. The number of methoxy groups -OCH3 is 1. The number of nitrogens with one attached hydrogen (secondary N) is 1. The number of hydrogen-bond donors (Lipinski definition) is 2. The van der Waals surface area contributed by atoms with E-state index in [4.69, 9.17) is 9.26 Å². The van der Waals surface area contributed by atoms with Crippen molar-refractivity contribution in [3.63, 3.8) is 0 Å². The van der Waals surface area contributed by atoms with Crippen molar-refractivity contribution in [3.05, 3.63) is 30.2 Å². The van der Waals surface area contributed by atoms with Crippen molar-refractivity contribution in [1.82, 2.24) is 15.5 Å². The molecule has 0 bridgehead atoms. The summed E-state index contributed by atoms with van der Waals surface area (Å²) in [6.45, 7) is 8.78. The molecule has 1 amide bonds. The number of amides is 1. The third kappa shape index (κ3) is 4.22. The standard InChI is InChI=1S/C19H26N4O3/c1-18(2)10-13(11-19(3,4)23-18)20-16(24)17-21-15(22-26-17)12-7-6-8-14(9-12)25-5/h6-9,13,23H,10-11H2,1-5H3,(H,20,24)/p+1. The zero-order valence-corrected chi connectivity index (χ0v) is 16.0. The van der Waals surface area contributed by atoms with Gasteiger partial charge in [0.05, 0.1) is 18.2 Å². The van der Waals surface area contributed by atoms with Crippen LogP contribution in [0.1, 0.15) is 51.2 Å². The van der Waals surface area contributed by atoms with Crippen LogP contribution >= 0.6 is 0 Å². The fourth-order valence-electron chi connectivity index (χ4n) is 4.06. The lowest BCUT2D eigenvalue weighted by Gasteiger charge is -2.42. The maximum absolute atomic E-state index is 12.6. The average molecular weight is 359 g/mol. The molecule has 1 aromatic carbocycles. The average Bonchev–Trinajstić information content (AvgIpc) is 3.02. The number of piperidine rings is 1. The Labute approximate surface area is 153 Å². The lowest BCUT2D eigenvalue weighted by molar-refractivity contribution is -0.787. The van der Waals surface area contributed by atoms with E-state index in [0.29, 0.717) is 11.6 Å². The summed E-state index contributed by atoms with van der Waals surface area (Å²) >= 11 is 0. The predicted molar refractivity (Wildman–Crippen MR) is 96.9 cm³/mol. The number of nitrogens with zero attached hydrogens (tertiary/aromatic N) is 2. The summed E-state index contributed by atoms with van der Waals surface area (Å²) in [4.78, 5) is 16.8. The number of aromatic nitrogens is 2. The minimum Gasteiger partial charge on any atom is -0.497 e. The molecule has 0 atom stereocenters. The fourth-order valence-corrected chi connectivity index (χ4v) is 4.06. The molecule has 7 heteroatoms. The first-order chi connectivity index (χ1) is 12.2. The van der Waals surface area contributed by atoms with Gasteiger partial charge in [-0.3, -0.25) is 4.79 Å². The zero-order valence-electron chi connectivity index (χ0n) is 16.0. The van der Waals surface area contributed by atoms with Crippen LogP contribution in [-0.4, -0.2) is 40.3 Å². The van der Waals surface area contributed by atoms with Gasteiger partial charge in [-0.2, -0.15) is 4.98 Å². The van der Waals surface area contributed by atoms with Gasteiger partial charge in [-0.1, -0.05) is 17.3 Å². The van der Waals surface area contributed by atoms with E-state index in [1.165, 1.54) is 0 Å². The van der Waals surface area contributed by atoms with Crippen LogP contribution in [0.3, 0.4) is 0 Å². The minimum atomic E-state index is -0.329. The molecule has 0 unspecified atom stereocenters. The first kappa shape index (κ1) is 18.4. The summed E-state index contributed by atoms with van der Waals surface area (Å²) in [5, 5.41) is 9.35. The molecule has 3 rings (SSSR count). The van der Waals surface area contributed by atoms with Crippen LogP contribution in [0.5, 0.6) is 5.75 Å². The molecule has 140 valence electrons. The molecular formula is C19H27N4O3+. The molecule has 2 aromatic rings. The first-order valence-electron chi connectivity index (χ1n) is 8.84. The highest BCUT2D eigenvalue weighted by Crippen LogP contribution is 2.23. The number of hydrogen-bond acceptors (Lipinski definition) is 5. The monoisotopic (exact) mass is 359 g/mol. The highest BCUT2D eigenvalue weighted by atomic mass is 16.5. The zero-order chi connectivity index (χ0) is 18.9. The van der Waals surface area contributed by atoms with Crippen molar-refractivity contribution in [2.24, 2.45) is 0 Å². The first-order valence-corrected chi connectivity index (χ1v) is 8.84. The van der Waals surface area contributed by atoms with Crippen LogP contribution in [0.25, 0.3) is 11.4 Å². The van der Waals surface area contributed by atoms with Gasteiger partial charge in [0.1, 0.15) is 5.75 Å². The third-order valence-electron chi connectivity index (χ3n) is 4.61. The van der Waals surface area contributed by atoms with E-state index in [1.807, 2.05) is 18.2 Å². The third-order valence-corrected chi connectivity index (χ3v) is 4.61. The molecule has 0 spiro atoms. The van der Waals surface area contributed by atoms with Gasteiger partial charge in [-0.25, -0.2) is 0 Å². The molecule has 3 N–H and O–H groups in total. The van der Waals surface area contributed by atoms with E-state index in [0.717, 1.165) is 18.4 Å². The van der Waals surface area contributed by atoms with E-state index in [-0.39, 0.29) is 28.9 Å². The van der Waals surface area contributed by atoms with Gasteiger partial charge in [-0.15, -0.1) is 0 Å². The highest BCUT2D eigenvalue weighted by molar-refractivity contribution is 5.90. The van der Waals surface area contributed by atoms with Gasteiger partial charge in [0.15, 0.2) is 0 Å². The molecule has 0 radical (unpaired) electrons. The van der Waals surface area contributed by atoms with Gasteiger partial charge < -0.3 is 19.9 Å². The Morgan fingerprint density at radius 3 is 2.62 bits per heavy atom. The molecule has 1 saturated heterocycles. The van der Waals surface area contributed by atoms with Gasteiger partial charge in [0, 0.05) is 24.4 Å². The van der Waals surface area contributed by atoms with E-state index in [1.54, 1.807) is 13.2 Å². The van der Waals surface area contributed by atoms with Gasteiger partial charge >= 0.3 is 11.8 Å². The quantitative estimate of drug-likeness (QED) is 0.867. The van der Waals surface area contributed by atoms with Crippen molar-refractivity contribution < 1.29 is 19.4 Å². The van der Waals surface area contributed by atoms with Gasteiger partial charge in [0.2, 0.25) is 5.82 Å². The molecule has 2 heterocycles. The Morgan fingerprint density at radius 1 is 1.27 bits per heavy atom. The molecule has 7 nitrogen and oxygen atoms in total. The van der Waals surface area contributed by atoms with Crippen LogP contribution in [0.2, 0.25) is 0 Å². The second-order valence-corrected chi connectivity index (χ2v) is 8.36. The number of carbonyl (C=O) groups is 1. The number of quaternary nitrogens is 1. The van der Waals surface area contributed by atoms with Gasteiger partial charge in [0.25, 0.3) is 0 Å². The fraction of sp³-hybridized carbons (Fsp3) is 0.526. The number of benzene rings is 1. The van der Waals surface area contributed by atoms with Crippen molar-refractivity contribution in [2.75, 3.05) is 7.11 Å². The second kappa shape index (κ2) is 6.72. The van der Waals surface area contributed by atoms with Crippen LogP contribution in [0.15, 0.2) is 28.8 Å². The van der Waals surface area contributed by atoms with Crippen LogP contribution < -0.4 is 15.4 Å². The molecule has 1 fully saturated rings. The van der Waals surface area contributed by atoms with E-state index >= 15 is 0 Å². The van der Waals surface area contributed by atoms with Gasteiger partial charge in [-0.05, 0) is 39.8 Å². The second-order valence-electron chi connectivity index (χ2n) is 8.36. The van der Waals surface area contributed by atoms with E-state index < -0.39 is 0 Å². The van der Waals surface area contributed by atoms with Crippen LogP contribution in [0, 0.1) is 0 Å². The van der Waals surface area contributed by atoms with E-state index in [2.05, 4.69) is 48.5 Å². The molecular weight excluding hydrogens is 332 g/mol. The summed E-state index contributed by atoms with van der Waals surface area (Å²) < 4.78 is 10.4. The number of nitrogens with two attached hydrogens (primary N) is 1.